The zero-order valence-electron chi connectivity index (χ0n) is 16.1. The molecule has 1 fully saturated rings. The van der Waals surface area contributed by atoms with Crippen LogP contribution in [0.2, 0.25) is 0 Å². The number of nitrogens with zero attached hydrogens (tertiary/aromatic N) is 3. The Hall–Kier alpha value is -2.76. The van der Waals surface area contributed by atoms with Crippen molar-refractivity contribution >= 4 is 16.8 Å². The smallest absolute Gasteiger partial charge is 0.253 e. The first kappa shape index (κ1) is 18.6. The third-order valence-electron chi connectivity index (χ3n) is 5.30. The summed E-state index contributed by atoms with van der Waals surface area (Å²) in [7, 11) is 0. The number of hydrogen-bond donors (Lipinski definition) is 1. The van der Waals surface area contributed by atoms with Gasteiger partial charge in [0.15, 0.2) is 0 Å². The van der Waals surface area contributed by atoms with Crippen LogP contribution in [-0.4, -0.2) is 60.0 Å². The molecule has 0 saturated carbocycles. The van der Waals surface area contributed by atoms with Crippen molar-refractivity contribution in [1.82, 2.24) is 20.1 Å². The highest BCUT2D eigenvalue weighted by atomic mass is 16.1. The summed E-state index contributed by atoms with van der Waals surface area (Å²) in [5.41, 5.74) is 2.77. The van der Waals surface area contributed by atoms with Gasteiger partial charge >= 0.3 is 0 Å². The number of benzene rings is 2. The average molecular weight is 374 g/mol. The lowest BCUT2D eigenvalue weighted by molar-refractivity contribution is 0.0935. The molecule has 0 spiro atoms. The lowest BCUT2D eigenvalue weighted by atomic mass is 10.1. The highest BCUT2D eigenvalue weighted by Gasteiger charge is 2.17. The van der Waals surface area contributed by atoms with E-state index in [-0.39, 0.29) is 5.91 Å². The van der Waals surface area contributed by atoms with Gasteiger partial charge in [-0.25, -0.2) is 0 Å². The average Bonchev–Trinajstić information content (AvgIpc) is 2.75. The summed E-state index contributed by atoms with van der Waals surface area (Å²) in [4.78, 5) is 21.9. The van der Waals surface area contributed by atoms with E-state index < -0.39 is 0 Å². The second-order valence-electron chi connectivity index (χ2n) is 7.24. The van der Waals surface area contributed by atoms with Gasteiger partial charge in [0.2, 0.25) is 0 Å². The fourth-order valence-electron chi connectivity index (χ4n) is 3.72. The van der Waals surface area contributed by atoms with E-state index in [1.807, 2.05) is 30.3 Å². The molecule has 1 aliphatic rings. The number of piperazine rings is 1. The predicted molar refractivity (Wildman–Crippen MR) is 112 cm³/mol. The Balaban J connectivity index is 1.23. The molecule has 1 aromatic heterocycles. The molecular formula is C23H26N4O. The van der Waals surface area contributed by atoms with Gasteiger partial charge in [0.25, 0.3) is 5.91 Å². The van der Waals surface area contributed by atoms with Gasteiger partial charge in [-0.1, -0.05) is 48.5 Å². The monoisotopic (exact) mass is 374 g/mol. The first-order valence-electron chi connectivity index (χ1n) is 9.90. The predicted octanol–water partition coefficient (Wildman–Crippen LogP) is 2.78. The molecule has 0 aliphatic carbocycles. The molecule has 0 radical (unpaired) electrons. The van der Waals surface area contributed by atoms with Crippen molar-refractivity contribution in [3.63, 3.8) is 0 Å². The van der Waals surface area contributed by atoms with Gasteiger partial charge in [-0.3, -0.25) is 19.6 Å². The summed E-state index contributed by atoms with van der Waals surface area (Å²) in [5.74, 6) is -0.0491. The van der Waals surface area contributed by atoms with Gasteiger partial charge in [-0.15, -0.1) is 0 Å². The Kier molecular flexibility index (Phi) is 5.95. The Morgan fingerprint density at radius 2 is 1.64 bits per heavy atom. The van der Waals surface area contributed by atoms with Crippen LogP contribution in [0, 0.1) is 0 Å². The van der Waals surface area contributed by atoms with Crippen molar-refractivity contribution < 1.29 is 4.79 Å². The standard InChI is InChI=1S/C23H26N4O/c28-23(21-10-4-8-20-9-5-11-24-22(20)21)25-12-13-26-14-16-27(17-15-26)18-19-6-2-1-3-7-19/h1-11H,12-18H2,(H,25,28). The molecular weight excluding hydrogens is 348 g/mol. The molecule has 0 bridgehead atoms. The molecule has 144 valence electrons. The number of fused-ring (bicyclic) bond motifs is 1. The number of hydrogen-bond acceptors (Lipinski definition) is 4. The van der Waals surface area contributed by atoms with Gasteiger partial charge in [-0.05, 0) is 17.7 Å². The second kappa shape index (κ2) is 8.95. The molecule has 1 saturated heterocycles. The van der Waals surface area contributed by atoms with E-state index in [1.54, 1.807) is 6.20 Å². The van der Waals surface area contributed by atoms with Crippen LogP contribution in [0.5, 0.6) is 0 Å². The molecule has 1 aliphatic heterocycles. The van der Waals surface area contributed by atoms with E-state index in [1.165, 1.54) is 5.56 Å². The van der Waals surface area contributed by atoms with Crippen molar-refractivity contribution in [2.45, 2.75) is 6.54 Å². The van der Waals surface area contributed by atoms with Gasteiger partial charge in [-0.2, -0.15) is 0 Å². The van der Waals surface area contributed by atoms with Crippen molar-refractivity contribution in [1.29, 1.82) is 0 Å². The fraction of sp³-hybridized carbons (Fsp3) is 0.304. The number of para-hydroxylation sites is 1. The Labute approximate surface area is 166 Å². The number of amides is 1. The summed E-state index contributed by atoms with van der Waals surface area (Å²) < 4.78 is 0. The summed E-state index contributed by atoms with van der Waals surface area (Å²) >= 11 is 0. The van der Waals surface area contributed by atoms with E-state index in [0.29, 0.717) is 12.1 Å². The van der Waals surface area contributed by atoms with E-state index in [4.69, 9.17) is 0 Å². The maximum absolute atomic E-state index is 12.6. The molecule has 1 amide bonds. The van der Waals surface area contributed by atoms with Crippen LogP contribution < -0.4 is 5.32 Å². The van der Waals surface area contributed by atoms with Gasteiger partial charge in [0, 0.05) is 57.4 Å². The number of pyridine rings is 1. The number of carbonyl (C=O) groups excluding carboxylic acids is 1. The molecule has 0 unspecified atom stereocenters. The summed E-state index contributed by atoms with van der Waals surface area (Å²) in [6.07, 6.45) is 1.73. The minimum atomic E-state index is -0.0491. The van der Waals surface area contributed by atoms with Gasteiger partial charge in [0.05, 0.1) is 11.1 Å². The maximum atomic E-state index is 12.6. The zero-order chi connectivity index (χ0) is 19.2. The molecule has 28 heavy (non-hydrogen) atoms. The van der Waals surface area contributed by atoms with Gasteiger partial charge in [0.1, 0.15) is 0 Å². The third-order valence-corrected chi connectivity index (χ3v) is 5.30. The number of aromatic nitrogens is 1. The van der Waals surface area contributed by atoms with E-state index in [0.717, 1.165) is 50.2 Å². The maximum Gasteiger partial charge on any atom is 0.253 e. The lowest BCUT2D eigenvalue weighted by Crippen LogP contribution is -2.48. The van der Waals surface area contributed by atoms with E-state index in [2.05, 4.69) is 50.4 Å². The quantitative estimate of drug-likeness (QED) is 0.721. The van der Waals surface area contributed by atoms with Crippen LogP contribution in [0.4, 0.5) is 0 Å². The fourth-order valence-corrected chi connectivity index (χ4v) is 3.72. The van der Waals surface area contributed by atoms with Gasteiger partial charge < -0.3 is 5.32 Å². The van der Waals surface area contributed by atoms with Crippen LogP contribution in [0.15, 0.2) is 66.9 Å². The normalized spacial score (nSPS) is 15.6. The van der Waals surface area contributed by atoms with Crippen LogP contribution in [0.1, 0.15) is 15.9 Å². The lowest BCUT2D eigenvalue weighted by Gasteiger charge is -2.34. The third kappa shape index (κ3) is 4.55. The molecule has 5 heteroatoms. The van der Waals surface area contributed by atoms with E-state index in [9.17, 15) is 4.79 Å². The number of rotatable bonds is 6. The molecule has 2 heterocycles. The Morgan fingerprint density at radius 1 is 0.893 bits per heavy atom. The number of nitrogens with one attached hydrogen (secondary N) is 1. The molecule has 5 nitrogen and oxygen atoms in total. The highest BCUT2D eigenvalue weighted by Crippen LogP contribution is 2.15. The Morgan fingerprint density at radius 3 is 2.46 bits per heavy atom. The second-order valence-corrected chi connectivity index (χ2v) is 7.24. The van der Waals surface area contributed by atoms with Crippen molar-refractivity contribution in [3.05, 3.63) is 78.0 Å². The minimum Gasteiger partial charge on any atom is -0.351 e. The van der Waals surface area contributed by atoms with Crippen LogP contribution in [-0.2, 0) is 6.54 Å². The summed E-state index contributed by atoms with van der Waals surface area (Å²) in [6, 6.07) is 20.2. The summed E-state index contributed by atoms with van der Waals surface area (Å²) in [6.45, 7) is 6.76. The SMILES string of the molecule is O=C(NCCN1CCN(Cc2ccccc2)CC1)c1cccc2cccnc12. The van der Waals surface area contributed by atoms with Crippen LogP contribution in [0.25, 0.3) is 10.9 Å². The largest absolute Gasteiger partial charge is 0.351 e. The van der Waals surface area contributed by atoms with E-state index >= 15 is 0 Å². The molecule has 1 N–H and O–H groups in total. The van der Waals surface area contributed by atoms with Crippen LogP contribution in [0.3, 0.4) is 0 Å². The van der Waals surface area contributed by atoms with Crippen LogP contribution >= 0.6 is 0 Å². The minimum absolute atomic E-state index is 0.0491. The molecule has 4 rings (SSSR count). The Bertz CT molecular complexity index is 915. The molecule has 0 atom stereocenters. The molecule has 3 aromatic rings. The topological polar surface area (TPSA) is 48.5 Å². The zero-order valence-corrected chi connectivity index (χ0v) is 16.1. The summed E-state index contributed by atoms with van der Waals surface area (Å²) in [5, 5.41) is 4.05. The van der Waals surface area contributed by atoms with Crippen molar-refractivity contribution in [2.75, 3.05) is 39.3 Å². The highest BCUT2D eigenvalue weighted by molar-refractivity contribution is 6.05. The first-order valence-corrected chi connectivity index (χ1v) is 9.90. The number of carbonyl (C=O) groups is 1. The van der Waals surface area contributed by atoms with Crippen molar-refractivity contribution in [2.24, 2.45) is 0 Å². The molecule has 2 aromatic carbocycles. The first-order chi connectivity index (χ1) is 13.8. The van der Waals surface area contributed by atoms with Crippen molar-refractivity contribution in [3.8, 4) is 0 Å².